The van der Waals surface area contributed by atoms with Crippen LogP contribution in [0.4, 0.5) is 4.39 Å². The van der Waals surface area contributed by atoms with E-state index in [0.29, 0.717) is 22.0 Å². The molecule has 0 N–H and O–H groups in total. The molecule has 0 spiro atoms. The van der Waals surface area contributed by atoms with Crippen molar-refractivity contribution in [1.29, 1.82) is 0 Å². The summed E-state index contributed by atoms with van der Waals surface area (Å²) in [6.45, 7) is 2.06. The van der Waals surface area contributed by atoms with E-state index in [1.165, 1.54) is 6.07 Å². The third kappa shape index (κ3) is 5.21. The average molecular weight is 486 g/mol. The molecule has 1 heterocycles. The molecule has 0 radical (unpaired) electrons. The Morgan fingerprint density at radius 2 is 1.85 bits per heavy atom. The van der Waals surface area contributed by atoms with E-state index in [1.54, 1.807) is 49.4 Å². The number of carbonyl (C=O) groups excluding carboxylic acids is 1. The van der Waals surface area contributed by atoms with Crippen molar-refractivity contribution in [3.8, 4) is 5.75 Å². The van der Waals surface area contributed by atoms with Crippen molar-refractivity contribution in [2.45, 2.75) is 32.8 Å². The molecule has 4 rings (SSSR count). The van der Waals surface area contributed by atoms with E-state index in [4.69, 9.17) is 32.7 Å². The summed E-state index contributed by atoms with van der Waals surface area (Å²) >= 11 is 12.5. The molecule has 0 fully saturated rings. The minimum atomic E-state index is -0.554. The highest BCUT2D eigenvalue weighted by Gasteiger charge is 2.24. The van der Waals surface area contributed by atoms with E-state index >= 15 is 0 Å². The van der Waals surface area contributed by atoms with Gasteiger partial charge in [0.1, 0.15) is 18.2 Å². The number of carbonyl (C=O) groups is 1. The van der Waals surface area contributed by atoms with E-state index in [9.17, 15) is 9.18 Å². The smallest absolute Gasteiger partial charge is 0.358 e. The zero-order valence-corrected chi connectivity index (χ0v) is 19.5. The van der Waals surface area contributed by atoms with Gasteiger partial charge < -0.3 is 9.47 Å². The Morgan fingerprint density at radius 1 is 1.06 bits per heavy atom. The van der Waals surface area contributed by atoms with Crippen LogP contribution in [0.3, 0.4) is 0 Å². The van der Waals surface area contributed by atoms with Gasteiger partial charge in [0.15, 0.2) is 5.69 Å². The second kappa shape index (κ2) is 10.4. The van der Waals surface area contributed by atoms with Gasteiger partial charge in [0.25, 0.3) is 0 Å². The number of ether oxygens (including phenoxy) is 2. The Bertz CT molecular complexity index is 1230. The Labute approximate surface area is 202 Å². The molecule has 1 aliphatic carbocycles. The maximum Gasteiger partial charge on any atom is 0.358 e. The largest absolute Gasteiger partial charge is 0.488 e. The summed E-state index contributed by atoms with van der Waals surface area (Å²) < 4.78 is 25.2. The summed E-state index contributed by atoms with van der Waals surface area (Å²) in [4.78, 5) is 16.8. The van der Waals surface area contributed by atoms with E-state index < -0.39 is 5.97 Å². The third-order valence-corrected chi connectivity index (χ3v) is 5.99. The average Bonchev–Trinajstić information content (AvgIpc) is 3.29. The zero-order chi connectivity index (χ0) is 23.4. The fourth-order valence-corrected chi connectivity index (χ4v) is 4.27. The summed E-state index contributed by atoms with van der Waals surface area (Å²) in [5.74, 6) is -0.261. The number of allylic oxidation sites excluding steroid dienone is 2. The van der Waals surface area contributed by atoms with Gasteiger partial charge >= 0.3 is 5.97 Å². The first kappa shape index (κ1) is 23.3. The standard InChI is InChI=1S/C26H22Cl2FNO3/c1-2-32-26(31)25-21(28)11-12-23(30-25)19-8-5-7-18(19)20-14-17(27)10-13-24(20)33-15-16-6-3-4-9-22(16)29/h3-4,6,9-14H,2,5,7-8,15H2,1H3. The highest BCUT2D eigenvalue weighted by Crippen LogP contribution is 2.43. The van der Waals surface area contributed by atoms with Crippen molar-refractivity contribution >= 4 is 40.3 Å². The van der Waals surface area contributed by atoms with Crippen LogP contribution in [0.2, 0.25) is 10.0 Å². The second-order valence-corrected chi connectivity index (χ2v) is 8.42. The highest BCUT2D eigenvalue weighted by atomic mass is 35.5. The van der Waals surface area contributed by atoms with Gasteiger partial charge in [0.05, 0.1) is 17.3 Å². The fourth-order valence-electron chi connectivity index (χ4n) is 3.91. The van der Waals surface area contributed by atoms with Crippen molar-refractivity contribution in [3.63, 3.8) is 0 Å². The van der Waals surface area contributed by atoms with Crippen molar-refractivity contribution in [2.75, 3.05) is 6.61 Å². The van der Waals surface area contributed by atoms with Crippen LogP contribution in [0.15, 0.2) is 54.6 Å². The molecule has 0 saturated carbocycles. The first-order chi connectivity index (χ1) is 16.0. The molecule has 0 unspecified atom stereocenters. The molecule has 0 bridgehead atoms. The summed E-state index contributed by atoms with van der Waals surface area (Å²) in [6.07, 6.45) is 2.50. The van der Waals surface area contributed by atoms with Crippen LogP contribution in [0.1, 0.15) is 53.5 Å². The quantitative estimate of drug-likeness (QED) is 0.327. The van der Waals surface area contributed by atoms with E-state index in [2.05, 4.69) is 4.98 Å². The first-order valence-corrected chi connectivity index (χ1v) is 11.5. The molecule has 7 heteroatoms. The van der Waals surface area contributed by atoms with Crippen LogP contribution in [0, 0.1) is 5.82 Å². The molecule has 1 aliphatic rings. The summed E-state index contributed by atoms with van der Waals surface area (Å²) in [6, 6.07) is 15.4. The summed E-state index contributed by atoms with van der Waals surface area (Å²) in [5, 5.41) is 0.812. The number of benzene rings is 2. The number of aromatic nitrogens is 1. The van der Waals surface area contributed by atoms with Crippen LogP contribution in [-0.2, 0) is 11.3 Å². The molecule has 0 saturated heterocycles. The number of pyridine rings is 1. The topological polar surface area (TPSA) is 48.4 Å². The van der Waals surface area contributed by atoms with Crippen molar-refractivity contribution in [3.05, 3.63) is 93.0 Å². The van der Waals surface area contributed by atoms with Crippen molar-refractivity contribution < 1.29 is 18.7 Å². The van der Waals surface area contributed by atoms with Gasteiger partial charge in [-0.3, -0.25) is 0 Å². The molecule has 3 aromatic rings. The van der Waals surface area contributed by atoms with E-state index in [-0.39, 0.29) is 29.7 Å². The maximum absolute atomic E-state index is 14.1. The molecule has 2 aromatic carbocycles. The Kier molecular flexibility index (Phi) is 7.31. The Hall–Kier alpha value is -2.89. The lowest BCUT2D eigenvalue weighted by molar-refractivity contribution is 0.0519. The number of nitrogens with zero attached hydrogens (tertiary/aromatic N) is 1. The molecule has 33 heavy (non-hydrogen) atoms. The summed E-state index contributed by atoms with van der Waals surface area (Å²) in [5.41, 5.74) is 4.09. The van der Waals surface area contributed by atoms with Crippen molar-refractivity contribution in [1.82, 2.24) is 4.98 Å². The fraction of sp³-hybridized carbons (Fsp3) is 0.231. The zero-order valence-electron chi connectivity index (χ0n) is 18.0. The van der Waals surface area contributed by atoms with Gasteiger partial charge in [-0.05, 0) is 73.7 Å². The molecular weight excluding hydrogens is 464 g/mol. The second-order valence-electron chi connectivity index (χ2n) is 7.58. The SMILES string of the molecule is CCOC(=O)c1nc(C2=C(c3cc(Cl)ccc3OCc3ccccc3F)CCC2)ccc1Cl. The van der Waals surface area contributed by atoms with Crippen molar-refractivity contribution in [2.24, 2.45) is 0 Å². The monoisotopic (exact) mass is 485 g/mol. The van der Waals surface area contributed by atoms with Gasteiger partial charge in [-0.1, -0.05) is 41.4 Å². The normalized spacial score (nSPS) is 13.3. The molecule has 0 atom stereocenters. The van der Waals surface area contributed by atoms with Gasteiger partial charge in [-0.2, -0.15) is 0 Å². The van der Waals surface area contributed by atoms with Gasteiger partial charge in [0, 0.05) is 16.1 Å². The minimum absolute atomic E-state index is 0.0934. The van der Waals surface area contributed by atoms with Crippen LogP contribution >= 0.6 is 23.2 Å². The molecule has 0 aliphatic heterocycles. The maximum atomic E-state index is 14.1. The lowest BCUT2D eigenvalue weighted by atomic mass is 9.98. The Morgan fingerprint density at radius 3 is 2.64 bits per heavy atom. The number of hydrogen-bond donors (Lipinski definition) is 0. The lowest BCUT2D eigenvalue weighted by Crippen LogP contribution is -2.09. The number of hydrogen-bond acceptors (Lipinski definition) is 4. The summed E-state index contributed by atoms with van der Waals surface area (Å²) in [7, 11) is 0. The molecule has 4 nitrogen and oxygen atoms in total. The molecule has 170 valence electrons. The highest BCUT2D eigenvalue weighted by molar-refractivity contribution is 6.33. The van der Waals surface area contributed by atoms with Gasteiger partial charge in [-0.15, -0.1) is 0 Å². The number of halogens is 3. The predicted octanol–water partition coefficient (Wildman–Crippen LogP) is 7.38. The van der Waals surface area contributed by atoms with Crippen LogP contribution in [0.5, 0.6) is 5.75 Å². The molecule has 1 aromatic heterocycles. The Balaban J connectivity index is 1.72. The van der Waals surface area contributed by atoms with Gasteiger partial charge in [-0.25, -0.2) is 14.2 Å². The number of esters is 1. The molecule has 0 amide bonds. The van der Waals surface area contributed by atoms with Gasteiger partial charge in [0.2, 0.25) is 0 Å². The predicted molar refractivity (Wildman–Crippen MR) is 128 cm³/mol. The number of rotatable bonds is 7. The van der Waals surface area contributed by atoms with E-state index in [0.717, 1.165) is 36.0 Å². The minimum Gasteiger partial charge on any atom is -0.488 e. The lowest BCUT2D eigenvalue weighted by Gasteiger charge is -2.15. The van der Waals surface area contributed by atoms with Crippen LogP contribution < -0.4 is 4.74 Å². The van der Waals surface area contributed by atoms with Crippen LogP contribution in [-0.4, -0.2) is 17.6 Å². The third-order valence-electron chi connectivity index (χ3n) is 5.45. The van der Waals surface area contributed by atoms with E-state index in [1.807, 2.05) is 6.07 Å². The van der Waals surface area contributed by atoms with Crippen LogP contribution in [0.25, 0.3) is 11.1 Å². The molecular formula is C26H22Cl2FNO3. The first-order valence-electron chi connectivity index (χ1n) is 10.7.